The van der Waals surface area contributed by atoms with Gasteiger partial charge in [-0.3, -0.25) is 9.69 Å². The van der Waals surface area contributed by atoms with Crippen molar-refractivity contribution < 1.29 is 9.90 Å². The number of nitrogens with zero attached hydrogens (tertiary/aromatic N) is 1. The van der Waals surface area contributed by atoms with E-state index in [1.54, 1.807) is 0 Å². The molecule has 5 heteroatoms. The summed E-state index contributed by atoms with van der Waals surface area (Å²) >= 11 is 12.6. The van der Waals surface area contributed by atoms with Gasteiger partial charge >= 0.3 is 5.97 Å². The van der Waals surface area contributed by atoms with E-state index in [1.165, 1.54) is 11.1 Å². The first-order chi connectivity index (χ1) is 13.4. The van der Waals surface area contributed by atoms with Crippen molar-refractivity contribution in [2.45, 2.75) is 45.6 Å². The average Bonchev–Trinajstić information content (AvgIpc) is 3.13. The first-order valence-electron chi connectivity index (χ1n) is 9.86. The highest BCUT2D eigenvalue weighted by Gasteiger charge is 2.28. The van der Waals surface area contributed by atoms with Crippen LogP contribution in [0.2, 0.25) is 10.0 Å². The summed E-state index contributed by atoms with van der Waals surface area (Å²) in [6, 6.07) is 12.5. The Morgan fingerprint density at radius 3 is 2.61 bits per heavy atom. The summed E-state index contributed by atoms with van der Waals surface area (Å²) in [5.74, 6) is -0.542. The van der Waals surface area contributed by atoms with Crippen LogP contribution in [0, 0.1) is 12.8 Å². The quantitative estimate of drug-likeness (QED) is 0.602. The Kier molecular flexibility index (Phi) is 7.03. The average molecular weight is 420 g/mol. The Morgan fingerprint density at radius 2 is 1.96 bits per heavy atom. The first kappa shape index (κ1) is 21.2. The van der Waals surface area contributed by atoms with Crippen LogP contribution < -0.4 is 0 Å². The highest BCUT2D eigenvalue weighted by Crippen LogP contribution is 2.30. The number of carboxylic acid groups (broad SMARTS) is 1. The summed E-state index contributed by atoms with van der Waals surface area (Å²) in [6.07, 6.45) is 2.70. The number of halogens is 2. The molecule has 3 rings (SSSR count). The van der Waals surface area contributed by atoms with E-state index in [4.69, 9.17) is 23.2 Å². The van der Waals surface area contributed by atoms with Gasteiger partial charge in [-0.15, -0.1) is 0 Å². The number of rotatable bonds is 7. The fourth-order valence-electron chi connectivity index (χ4n) is 4.00. The van der Waals surface area contributed by atoms with Crippen molar-refractivity contribution in [3.63, 3.8) is 0 Å². The van der Waals surface area contributed by atoms with E-state index < -0.39 is 5.97 Å². The van der Waals surface area contributed by atoms with Crippen LogP contribution in [0.4, 0.5) is 0 Å². The molecule has 150 valence electrons. The van der Waals surface area contributed by atoms with Gasteiger partial charge in [0.25, 0.3) is 0 Å². The van der Waals surface area contributed by atoms with Gasteiger partial charge in [0.1, 0.15) is 0 Å². The third kappa shape index (κ3) is 5.08. The lowest BCUT2D eigenvalue weighted by Crippen LogP contribution is -2.23. The molecule has 1 aliphatic heterocycles. The predicted octanol–water partition coefficient (Wildman–Crippen LogP) is 5.94. The minimum Gasteiger partial charge on any atom is -0.481 e. The molecular formula is C23H27Cl2NO2. The van der Waals surface area contributed by atoms with Crippen molar-refractivity contribution >= 4 is 29.2 Å². The van der Waals surface area contributed by atoms with Gasteiger partial charge in [0, 0.05) is 23.1 Å². The van der Waals surface area contributed by atoms with Crippen molar-refractivity contribution in [2.75, 3.05) is 13.1 Å². The minimum absolute atomic E-state index is 0.264. The fourth-order valence-corrected chi connectivity index (χ4v) is 4.29. The Morgan fingerprint density at radius 1 is 1.21 bits per heavy atom. The minimum atomic E-state index is -0.702. The normalized spacial score (nSPS) is 18.4. The molecule has 0 unspecified atom stereocenters. The first-order valence-corrected chi connectivity index (χ1v) is 10.6. The summed E-state index contributed by atoms with van der Waals surface area (Å²) in [6.45, 7) is 6.35. The molecule has 0 radical (unpaired) electrons. The molecule has 0 aromatic heterocycles. The van der Waals surface area contributed by atoms with Gasteiger partial charge in [-0.05, 0) is 73.0 Å². The zero-order chi connectivity index (χ0) is 20.3. The maximum Gasteiger partial charge on any atom is 0.307 e. The summed E-state index contributed by atoms with van der Waals surface area (Å²) in [5, 5.41) is 10.8. The number of carbonyl (C=O) groups is 1. The van der Waals surface area contributed by atoms with Gasteiger partial charge in [-0.2, -0.15) is 0 Å². The second-order valence-corrected chi connectivity index (χ2v) is 8.62. The highest BCUT2D eigenvalue weighted by molar-refractivity contribution is 6.31. The van der Waals surface area contributed by atoms with E-state index in [0.29, 0.717) is 25.4 Å². The van der Waals surface area contributed by atoms with Crippen LogP contribution >= 0.6 is 23.2 Å². The number of aryl methyl sites for hydroxylation is 1. The Hall–Kier alpha value is -1.55. The van der Waals surface area contributed by atoms with E-state index >= 15 is 0 Å². The molecule has 0 bridgehead atoms. The van der Waals surface area contributed by atoms with E-state index in [1.807, 2.05) is 19.1 Å². The lowest BCUT2D eigenvalue weighted by molar-refractivity contribution is -0.141. The van der Waals surface area contributed by atoms with Gasteiger partial charge in [-0.1, -0.05) is 54.4 Å². The number of hydrogen-bond acceptors (Lipinski definition) is 2. The van der Waals surface area contributed by atoms with Crippen LogP contribution in [0.3, 0.4) is 0 Å². The van der Waals surface area contributed by atoms with Gasteiger partial charge in [0.05, 0.1) is 5.92 Å². The molecule has 1 heterocycles. The Labute approximate surface area is 177 Å². The summed E-state index contributed by atoms with van der Waals surface area (Å²) in [7, 11) is 0. The van der Waals surface area contributed by atoms with Crippen molar-refractivity contribution in [3.8, 4) is 0 Å². The Balaban J connectivity index is 1.73. The standard InChI is InChI=1S/C23H27Cl2NO2/c1-3-17(18-5-7-21(24)15(2)10-18)11-16-4-6-22(25)20(12-16)14-26-9-8-19(13-26)23(27)28/h4-7,10,12,17,19H,3,8-9,11,13-14H2,1-2H3,(H,27,28)/t17-,19+/m0/s1. The van der Waals surface area contributed by atoms with Crippen LogP contribution in [0.25, 0.3) is 0 Å². The van der Waals surface area contributed by atoms with E-state index in [2.05, 4.69) is 36.1 Å². The molecule has 0 aliphatic carbocycles. The second kappa shape index (κ2) is 9.30. The van der Waals surface area contributed by atoms with Gasteiger partial charge < -0.3 is 5.11 Å². The van der Waals surface area contributed by atoms with Crippen molar-refractivity contribution in [2.24, 2.45) is 5.92 Å². The van der Waals surface area contributed by atoms with Crippen LogP contribution in [0.15, 0.2) is 36.4 Å². The van der Waals surface area contributed by atoms with Crippen LogP contribution in [0.1, 0.15) is 47.9 Å². The molecule has 0 saturated carbocycles. The number of likely N-dealkylation sites (tertiary alicyclic amines) is 1. The lowest BCUT2D eigenvalue weighted by Gasteiger charge is -2.19. The van der Waals surface area contributed by atoms with Crippen LogP contribution in [-0.4, -0.2) is 29.1 Å². The zero-order valence-electron chi connectivity index (χ0n) is 16.4. The molecule has 2 aromatic rings. The largest absolute Gasteiger partial charge is 0.481 e. The molecule has 28 heavy (non-hydrogen) atoms. The maximum absolute atomic E-state index is 11.2. The van der Waals surface area contributed by atoms with Crippen molar-refractivity contribution in [3.05, 3.63) is 68.7 Å². The van der Waals surface area contributed by atoms with Gasteiger partial charge in [0.15, 0.2) is 0 Å². The monoisotopic (exact) mass is 419 g/mol. The Bertz CT molecular complexity index is 852. The molecular weight excluding hydrogens is 393 g/mol. The third-order valence-electron chi connectivity index (χ3n) is 5.75. The SMILES string of the molecule is CC[C@@H](Cc1ccc(Cl)c(CN2CC[C@@H](C(=O)O)C2)c1)c1ccc(Cl)c(C)c1. The molecule has 0 amide bonds. The topological polar surface area (TPSA) is 40.5 Å². The summed E-state index contributed by atoms with van der Waals surface area (Å²) < 4.78 is 0. The van der Waals surface area contributed by atoms with E-state index in [9.17, 15) is 9.90 Å². The lowest BCUT2D eigenvalue weighted by atomic mass is 9.88. The van der Waals surface area contributed by atoms with Crippen LogP contribution in [0.5, 0.6) is 0 Å². The van der Waals surface area contributed by atoms with E-state index in [0.717, 1.165) is 40.6 Å². The molecule has 0 spiro atoms. The molecule has 1 fully saturated rings. The number of hydrogen-bond donors (Lipinski definition) is 1. The molecule has 1 saturated heterocycles. The number of carboxylic acids is 1. The maximum atomic E-state index is 11.2. The second-order valence-electron chi connectivity index (χ2n) is 7.80. The molecule has 1 N–H and O–H groups in total. The number of aliphatic carboxylic acids is 1. The smallest absolute Gasteiger partial charge is 0.307 e. The van der Waals surface area contributed by atoms with E-state index in [-0.39, 0.29) is 5.92 Å². The zero-order valence-corrected chi connectivity index (χ0v) is 17.9. The summed E-state index contributed by atoms with van der Waals surface area (Å²) in [4.78, 5) is 13.4. The van der Waals surface area contributed by atoms with Crippen molar-refractivity contribution in [1.29, 1.82) is 0 Å². The predicted molar refractivity (Wildman–Crippen MR) is 115 cm³/mol. The highest BCUT2D eigenvalue weighted by atomic mass is 35.5. The van der Waals surface area contributed by atoms with Crippen LogP contribution in [-0.2, 0) is 17.8 Å². The third-order valence-corrected chi connectivity index (χ3v) is 6.55. The molecule has 2 atom stereocenters. The molecule has 1 aliphatic rings. The van der Waals surface area contributed by atoms with Gasteiger partial charge in [-0.25, -0.2) is 0 Å². The molecule has 3 nitrogen and oxygen atoms in total. The van der Waals surface area contributed by atoms with Gasteiger partial charge in [0.2, 0.25) is 0 Å². The number of benzene rings is 2. The summed E-state index contributed by atoms with van der Waals surface area (Å²) in [5.41, 5.74) is 4.75. The molecule has 2 aromatic carbocycles. The fraction of sp³-hybridized carbons (Fsp3) is 0.435. The van der Waals surface area contributed by atoms with Crippen molar-refractivity contribution in [1.82, 2.24) is 4.90 Å².